The zero-order chi connectivity index (χ0) is 19.3. The highest BCUT2D eigenvalue weighted by atomic mass is 16.6. The fourth-order valence-corrected chi connectivity index (χ4v) is 4.28. The second kappa shape index (κ2) is 9.04. The number of aliphatic hydroxyl groups is 1. The number of morpholine rings is 1. The Hall–Kier alpha value is -1.63. The summed E-state index contributed by atoms with van der Waals surface area (Å²) >= 11 is 0. The molecular formula is C21H32N2O4. The number of rotatable bonds is 7. The number of ether oxygens (including phenoxy) is 2. The van der Waals surface area contributed by atoms with Crippen LogP contribution >= 0.6 is 0 Å². The van der Waals surface area contributed by atoms with Gasteiger partial charge in [-0.1, -0.05) is 44.2 Å². The summed E-state index contributed by atoms with van der Waals surface area (Å²) in [6.45, 7) is 8.32. The fraction of sp³-hybridized carbons (Fsp3) is 0.667. The number of piperidine rings is 1. The van der Waals surface area contributed by atoms with Gasteiger partial charge in [-0.25, -0.2) is 4.79 Å². The number of carbonyl (C=O) groups excluding carboxylic acids is 1. The third kappa shape index (κ3) is 5.00. The average Bonchev–Trinajstić information content (AvgIpc) is 2.67. The SMILES string of the molecule is CCN(CC)CCC1(O)CC2COCC(C1)N2C(=O)OCc1ccccc1. The molecule has 0 spiro atoms. The number of hydrogen-bond donors (Lipinski definition) is 1. The molecule has 1 aromatic rings. The van der Waals surface area contributed by atoms with Crippen LogP contribution in [0.1, 0.15) is 38.7 Å². The summed E-state index contributed by atoms with van der Waals surface area (Å²) in [5.74, 6) is 0. The summed E-state index contributed by atoms with van der Waals surface area (Å²) < 4.78 is 11.2. The van der Waals surface area contributed by atoms with Crippen LogP contribution in [0.15, 0.2) is 30.3 Å². The van der Waals surface area contributed by atoms with Crippen molar-refractivity contribution in [3.8, 4) is 0 Å². The highest BCUT2D eigenvalue weighted by molar-refractivity contribution is 5.69. The zero-order valence-corrected chi connectivity index (χ0v) is 16.5. The van der Waals surface area contributed by atoms with Crippen LogP contribution in [-0.4, -0.2) is 71.5 Å². The van der Waals surface area contributed by atoms with Gasteiger partial charge in [-0.2, -0.15) is 0 Å². The number of amides is 1. The molecule has 0 radical (unpaired) electrons. The van der Waals surface area contributed by atoms with Crippen molar-refractivity contribution in [2.75, 3.05) is 32.8 Å². The van der Waals surface area contributed by atoms with E-state index in [9.17, 15) is 9.90 Å². The Labute approximate surface area is 162 Å². The molecule has 2 atom stereocenters. The Morgan fingerprint density at radius 3 is 2.44 bits per heavy atom. The summed E-state index contributed by atoms with van der Waals surface area (Å²) in [6.07, 6.45) is 1.52. The van der Waals surface area contributed by atoms with Gasteiger partial charge in [0, 0.05) is 6.54 Å². The summed E-state index contributed by atoms with van der Waals surface area (Å²) in [4.78, 5) is 16.8. The Balaban J connectivity index is 1.59. The number of benzene rings is 1. The smallest absolute Gasteiger partial charge is 0.410 e. The maximum absolute atomic E-state index is 12.7. The first kappa shape index (κ1) is 20.1. The minimum atomic E-state index is -0.738. The Morgan fingerprint density at radius 1 is 1.22 bits per heavy atom. The van der Waals surface area contributed by atoms with Gasteiger partial charge in [0.15, 0.2) is 0 Å². The van der Waals surface area contributed by atoms with Gasteiger partial charge in [-0.3, -0.25) is 4.90 Å². The first-order valence-corrected chi connectivity index (χ1v) is 10.1. The third-order valence-corrected chi connectivity index (χ3v) is 5.84. The molecular weight excluding hydrogens is 344 g/mol. The maximum atomic E-state index is 12.7. The third-order valence-electron chi connectivity index (χ3n) is 5.84. The predicted molar refractivity (Wildman–Crippen MR) is 103 cm³/mol. The Bertz CT molecular complexity index is 591. The molecule has 2 aliphatic heterocycles. The van der Waals surface area contributed by atoms with Crippen molar-refractivity contribution < 1.29 is 19.4 Å². The van der Waals surface area contributed by atoms with Crippen LogP contribution in [0.2, 0.25) is 0 Å². The van der Waals surface area contributed by atoms with E-state index in [2.05, 4.69) is 18.7 Å². The van der Waals surface area contributed by atoms with Crippen LogP contribution < -0.4 is 0 Å². The summed E-state index contributed by atoms with van der Waals surface area (Å²) in [6, 6.07) is 9.45. The van der Waals surface area contributed by atoms with E-state index in [1.807, 2.05) is 30.3 Å². The average molecular weight is 376 g/mol. The van der Waals surface area contributed by atoms with Crippen molar-refractivity contribution in [3.63, 3.8) is 0 Å². The van der Waals surface area contributed by atoms with E-state index in [4.69, 9.17) is 9.47 Å². The first-order valence-electron chi connectivity index (χ1n) is 10.1. The van der Waals surface area contributed by atoms with Gasteiger partial charge in [0.2, 0.25) is 0 Å². The van der Waals surface area contributed by atoms with Gasteiger partial charge >= 0.3 is 6.09 Å². The van der Waals surface area contributed by atoms with Gasteiger partial charge in [-0.05, 0) is 37.9 Å². The molecule has 2 heterocycles. The predicted octanol–water partition coefficient (Wildman–Crippen LogP) is 2.65. The van der Waals surface area contributed by atoms with E-state index in [1.54, 1.807) is 4.90 Å². The highest BCUT2D eigenvalue weighted by Crippen LogP contribution is 2.37. The number of carbonyl (C=O) groups is 1. The van der Waals surface area contributed by atoms with Crippen LogP contribution in [0.4, 0.5) is 4.79 Å². The zero-order valence-electron chi connectivity index (χ0n) is 16.5. The number of hydrogen-bond acceptors (Lipinski definition) is 5. The lowest BCUT2D eigenvalue weighted by atomic mass is 9.79. The largest absolute Gasteiger partial charge is 0.445 e. The normalized spacial score (nSPS) is 27.6. The molecule has 1 amide bonds. The van der Waals surface area contributed by atoms with E-state index >= 15 is 0 Å². The van der Waals surface area contributed by atoms with Crippen molar-refractivity contribution >= 4 is 6.09 Å². The Kier molecular flexibility index (Phi) is 6.73. The van der Waals surface area contributed by atoms with Crippen LogP contribution in [0.25, 0.3) is 0 Å². The van der Waals surface area contributed by atoms with Gasteiger partial charge in [0.1, 0.15) is 6.61 Å². The van der Waals surface area contributed by atoms with Crippen LogP contribution in [0.3, 0.4) is 0 Å². The van der Waals surface area contributed by atoms with Gasteiger partial charge in [0.05, 0.1) is 30.9 Å². The highest BCUT2D eigenvalue weighted by Gasteiger charge is 2.48. The second-order valence-electron chi connectivity index (χ2n) is 7.70. The standard InChI is InChI=1S/C21H32N2O4/c1-3-22(4-2)11-10-21(25)12-18-15-26-16-19(13-21)23(18)20(24)27-14-17-8-6-5-7-9-17/h5-9,18-19,25H,3-4,10-16H2,1-2H3. The van der Waals surface area contributed by atoms with Crippen molar-refractivity contribution in [2.24, 2.45) is 0 Å². The van der Waals surface area contributed by atoms with Crippen LogP contribution in [-0.2, 0) is 16.1 Å². The summed E-state index contributed by atoms with van der Waals surface area (Å²) in [5.41, 5.74) is 0.234. The van der Waals surface area contributed by atoms with Crippen molar-refractivity contribution in [1.82, 2.24) is 9.80 Å². The molecule has 6 heteroatoms. The lowest BCUT2D eigenvalue weighted by Crippen LogP contribution is -2.63. The molecule has 0 saturated carbocycles. The lowest BCUT2D eigenvalue weighted by Gasteiger charge is -2.51. The molecule has 150 valence electrons. The van der Waals surface area contributed by atoms with Crippen LogP contribution in [0, 0.1) is 0 Å². The first-order chi connectivity index (χ1) is 13.0. The second-order valence-corrected chi connectivity index (χ2v) is 7.70. The molecule has 2 saturated heterocycles. The maximum Gasteiger partial charge on any atom is 0.410 e. The summed E-state index contributed by atoms with van der Waals surface area (Å²) in [5, 5.41) is 11.2. The minimum Gasteiger partial charge on any atom is -0.445 e. The van der Waals surface area contributed by atoms with Crippen molar-refractivity contribution in [2.45, 2.75) is 57.4 Å². The molecule has 27 heavy (non-hydrogen) atoms. The van der Waals surface area contributed by atoms with E-state index in [0.29, 0.717) is 26.1 Å². The van der Waals surface area contributed by atoms with E-state index in [-0.39, 0.29) is 24.8 Å². The monoisotopic (exact) mass is 376 g/mol. The minimum absolute atomic E-state index is 0.123. The van der Waals surface area contributed by atoms with Crippen LogP contribution in [0.5, 0.6) is 0 Å². The quantitative estimate of drug-likeness (QED) is 0.793. The molecule has 6 nitrogen and oxygen atoms in total. The molecule has 0 aromatic heterocycles. The van der Waals surface area contributed by atoms with E-state index in [0.717, 1.165) is 31.6 Å². The molecule has 2 unspecified atom stereocenters. The molecule has 3 rings (SSSR count). The van der Waals surface area contributed by atoms with Crippen molar-refractivity contribution in [1.29, 1.82) is 0 Å². The van der Waals surface area contributed by atoms with E-state index < -0.39 is 5.60 Å². The fourth-order valence-electron chi connectivity index (χ4n) is 4.28. The lowest BCUT2D eigenvalue weighted by molar-refractivity contribution is -0.137. The van der Waals surface area contributed by atoms with Gasteiger partial charge in [0.25, 0.3) is 0 Å². The van der Waals surface area contributed by atoms with E-state index in [1.165, 1.54) is 0 Å². The molecule has 1 N–H and O–H groups in total. The van der Waals surface area contributed by atoms with Gasteiger partial charge in [-0.15, -0.1) is 0 Å². The molecule has 2 fully saturated rings. The van der Waals surface area contributed by atoms with Crippen molar-refractivity contribution in [3.05, 3.63) is 35.9 Å². The number of nitrogens with zero attached hydrogens (tertiary/aromatic N) is 2. The topological polar surface area (TPSA) is 62.2 Å². The van der Waals surface area contributed by atoms with Gasteiger partial charge < -0.3 is 19.5 Å². The molecule has 1 aromatic carbocycles. The molecule has 2 aliphatic rings. The molecule has 0 aliphatic carbocycles. The summed E-state index contributed by atoms with van der Waals surface area (Å²) in [7, 11) is 0. The molecule has 2 bridgehead atoms. The number of fused-ring (bicyclic) bond motifs is 2. The Morgan fingerprint density at radius 2 is 1.85 bits per heavy atom.